The fourth-order valence-electron chi connectivity index (χ4n) is 2.83. The Kier molecular flexibility index (Phi) is 7.15. The van der Waals surface area contributed by atoms with E-state index in [2.05, 4.69) is 6.58 Å². The van der Waals surface area contributed by atoms with Crippen molar-refractivity contribution in [2.75, 3.05) is 11.4 Å². The van der Waals surface area contributed by atoms with E-state index < -0.39 is 6.16 Å². The van der Waals surface area contributed by atoms with Crippen LogP contribution in [0, 0.1) is 0 Å². The summed E-state index contributed by atoms with van der Waals surface area (Å²) < 4.78 is 4.98. The van der Waals surface area contributed by atoms with Gasteiger partial charge in [0.15, 0.2) is 0 Å². The maximum atomic E-state index is 13.1. The predicted molar refractivity (Wildman–Crippen MR) is 121 cm³/mol. The number of anilines is 1. The molecule has 0 unspecified atom stereocenters. The highest BCUT2D eigenvalue weighted by atomic mass is 35.5. The molecular weight excluding hydrogens is 445 g/mol. The third-order valence-corrected chi connectivity index (χ3v) is 5.95. The topological polar surface area (TPSA) is 66.8 Å². The van der Waals surface area contributed by atoms with Crippen molar-refractivity contribution in [3.8, 4) is 15.5 Å². The molecule has 1 N–H and O–H groups in total. The number of hydrogen-bond acceptors (Lipinski definition) is 4. The Morgan fingerprint density at radius 2 is 1.83 bits per heavy atom. The molecule has 0 aliphatic heterocycles. The molecule has 8 heteroatoms. The molecule has 3 aromatic rings. The Balaban J connectivity index is 1.97. The zero-order chi connectivity index (χ0) is 21.7. The molecule has 0 aliphatic carbocycles. The quantitative estimate of drug-likeness (QED) is 0.320. The van der Waals surface area contributed by atoms with Gasteiger partial charge in [0.1, 0.15) is 0 Å². The summed E-state index contributed by atoms with van der Waals surface area (Å²) in [6.45, 7) is 3.89. The van der Waals surface area contributed by atoms with Gasteiger partial charge in [-0.15, -0.1) is 6.58 Å². The molecule has 5 nitrogen and oxygen atoms in total. The van der Waals surface area contributed by atoms with Gasteiger partial charge in [-0.25, -0.2) is 4.79 Å². The molecule has 154 valence electrons. The molecule has 0 saturated heterocycles. The molecule has 1 heterocycles. The highest BCUT2D eigenvalue weighted by Gasteiger charge is 2.24. The molecule has 0 aliphatic rings. The lowest BCUT2D eigenvalue weighted by Crippen LogP contribution is -2.32. The summed E-state index contributed by atoms with van der Waals surface area (Å²) in [5, 5.41) is 10.0. The summed E-state index contributed by atoms with van der Waals surface area (Å²) in [4.78, 5) is 26.5. The number of rotatable bonds is 7. The van der Waals surface area contributed by atoms with E-state index in [1.165, 1.54) is 4.90 Å². The number of thiophene rings is 1. The van der Waals surface area contributed by atoms with Crippen LogP contribution in [0.2, 0.25) is 10.0 Å². The summed E-state index contributed by atoms with van der Waals surface area (Å²) in [6.07, 6.45) is 0.165. The highest BCUT2D eigenvalue weighted by molar-refractivity contribution is 7.18. The number of amides is 1. The van der Waals surface area contributed by atoms with Crippen molar-refractivity contribution >= 4 is 52.3 Å². The summed E-state index contributed by atoms with van der Waals surface area (Å²) in [6, 6.07) is 16.2. The van der Waals surface area contributed by atoms with Crippen LogP contribution in [0.3, 0.4) is 0 Å². The van der Waals surface area contributed by atoms with Crippen LogP contribution in [-0.4, -0.2) is 23.7 Å². The zero-order valence-electron chi connectivity index (χ0n) is 15.7. The van der Waals surface area contributed by atoms with Crippen molar-refractivity contribution in [1.29, 1.82) is 0 Å². The Bertz CT molecular complexity index is 1080. The third-order valence-electron chi connectivity index (χ3n) is 4.16. The zero-order valence-corrected chi connectivity index (χ0v) is 18.0. The van der Waals surface area contributed by atoms with Crippen LogP contribution in [-0.2, 0) is 11.2 Å². The molecule has 1 aromatic heterocycles. The lowest BCUT2D eigenvalue weighted by molar-refractivity contribution is -0.117. The molecule has 0 radical (unpaired) electrons. The van der Waals surface area contributed by atoms with Crippen LogP contribution < -0.4 is 9.64 Å². The number of carbonyl (C=O) groups excluding carboxylic acids is 1. The minimum absolute atomic E-state index is 0.0494. The van der Waals surface area contributed by atoms with Gasteiger partial charge < -0.3 is 14.7 Å². The molecule has 2 aromatic carbocycles. The van der Waals surface area contributed by atoms with Crippen molar-refractivity contribution in [2.45, 2.75) is 6.42 Å². The lowest BCUT2D eigenvalue weighted by Gasteiger charge is -2.21. The summed E-state index contributed by atoms with van der Waals surface area (Å²) in [7, 11) is 0. The van der Waals surface area contributed by atoms with Crippen LogP contribution in [0.25, 0.3) is 10.4 Å². The number of hydrogen-bond donors (Lipinski definition) is 1. The molecule has 0 saturated carbocycles. The van der Waals surface area contributed by atoms with Crippen molar-refractivity contribution in [1.82, 2.24) is 0 Å². The van der Waals surface area contributed by atoms with Gasteiger partial charge in [-0.3, -0.25) is 4.79 Å². The van der Waals surface area contributed by atoms with Gasteiger partial charge in [-0.1, -0.05) is 77.0 Å². The Hall–Kier alpha value is -2.80. The molecule has 0 atom stereocenters. The van der Waals surface area contributed by atoms with E-state index >= 15 is 0 Å². The van der Waals surface area contributed by atoms with Crippen molar-refractivity contribution in [3.05, 3.63) is 82.9 Å². The second-order valence-electron chi connectivity index (χ2n) is 6.24. The second-order valence-corrected chi connectivity index (χ2v) is 8.06. The maximum absolute atomic E-state index is 13.1. The van der Waals surface area contributed by atoms with E-state index in [0.717, 1.165) is 21.8 Å². The first-order chi connectivity index (χ1) is 14.4. The van der Waals surface area contributed by atoms with Crippen LogP contribution in [0.4, 0.5) is 10.5 Å². The van der Waals surface area contributed by atoms with Crippen LogP contribution in [0.1, 0.15) is 5.56 Å². The van der Waals surface area contributed by atoms with Gasteiger partial charge in [0, 0.05) is 11.4 Å². The second kappa shape index (κ2) is 9.80. The highest BCUT2D eigenvalue weighted by Crippen LogP contribution is 2.43. The number of halogens is 2. The molecule has 0 bridgehead atoms. The number of benzene rings is 2. The van der Waals surface area contributed by atoms with E-state index in [0.29, 0.717) is 21.3 Å². The van der Waals surface area contributed by atoms with E-state index in [-0.39, 0.29) is 23.9 Å². The van der Waals surface area contributed by atoms with E-state index in [9.17, 15) is 9.59 Å². The molecule has 1 amide bonds. The predicted octanol–water partition coefficient (Wildman–Crippen LogP) is 6.54. The summed E-state index contributed by atoms with van der Waals surface area (Å²) in [5.74, 6) is -0.263. The van der Waals surface area contributed by atoms with Crippen LogP contribution >= 0.6 is 34.5 Å². The first-order valence-electron chi connectivity index (χ1n) is 8.84. The molecular formula is C22H17Cl2NO4S. The SMILES string of the molecule is C=CCN(C(=O)Cc1ccc(Cl)c(Cl)c1)c1cc(-c2ccccc2)sc1OC(=O)O. The fraction of sp³-hybridized carbons (Fsp3) is 0.0909. The van der Waals surface area contributed by atoms with Crippen molar-refractivity contribution in [2.24, 2.45) is 0 Å². The Morgan fingerprint density at radius 1 is 1.10 bits per heavy atom. The minimum atomic E-state index is -1.45. The monoisotopic (exact) mass is 461 g/mol. The minimum Gasteiger partial charge on any atom is -0.449 e. The van der Waals surface area contributed by atoms with Gasteiger partial charge in [0.25, 0.3) is 0 Å². The largest absolute Gasteiger partial charge is 0.512 e. The standard InChI is InChI=1S/C22H17Cl2NO4S/c1-2-10-25(20(26)12-14-8-9-16(23)17(24)11-14)18-13-19(15-6-4-3-5-7-15)30-21(18)29-22(27)28/h2-9,11,13H,1,10,12H2,(H,27,28). The lowest BCUT2D eigenvalue weighted by atomic mass is 10.1. The van der Waals surface area contributed by atoms with Crippen molar-refractivity contribution in [3.63, 3.8) is 0 Å². The molecule has 30 heavy (non-hydrogen) atoms. The third kappa shape index (κ3) is 5.21. The molecule has 0 spiro atoms. The maximum Gasteiger partial charge on any atom is 0.512 e. The normalized spacial score (nSPS) is 10.5. The number of carboxylic acid groups (broad SMARTS) is 1. The van der Waals surface area contributed by atoms with Gasteiger partial charge in [0.05, 0.1) is 22.2 Å². The van der Waals surface area contributed by atoms with Gasteiger partial charge >= 0.3 is 6.16 Å². The van der Waals surface area contributed by atoms with Crippen molar-refractivity contribution < 1.29 is 19.4 Å². The van der Waals surface area contributed by atoms with Gasteiger partial charge in [-0.05, 0) is 29.3 Å². The molecule has 3 rings (SSSR count). The first-order valence-corrected chi connectivity index (χ1v) is 10.4. The smallest absolute Gasteiger partial charge is 0.449 e. The van der Waals surface area contributed by atoms with Crippen LogP contribution in [0.15, 0.2) is 67.3 Å². The summed E-state index contributed by atoms with van der Waals surface area (Å²) in [5.41, 5.74) is 1.94. The van der Waals surface area contributed by atoms with Crippen LogP contribution in [0.5, 0.6) is 5.06 Å². The molecule has 0 fully saturated rings. The number of ether oxygens (including phenoxy) is 1. The van der Waals surface area contributed by atoms with Gasteiger partial charge in [0.2, 0.25) is 11.0 Å². The van der Waals surface area contributed by atoms with Gasteiger partial charge in [-0.2, -0.15) is 0 Å². The van der Waals surface area contributed by atoms with E-state index in [1.807, 2.05) is 30.3 Å². The first kappa shape index (κ1) is 21.9. The number of nitrogens with zero attached hydrogens (tertiary/aromatic N) is 1. The van der Waals surface area contributed by atoms with E-state index in [1.54, 1.807) is 30.3 Å². The van der Waals surface area contributed by atoms with E-state index in [4.69, 9.17) is 33.0 Å². The summed E-state index contributed by atoms with van der Waals surface area (Å²) >= 11 is 13.1. The average Bonchev–Trinajstić information content (AvgIpc) is 3.12. The fourth-order valence-corrected chi connectivity index (χ4v) is 4.16. The average molecular weight is 462 g/mol. The Morgan fingerprint density at radius 3 is 2.47 bits per heavy atom. The number of carbonyl (C=O) groups is 2. The Labute approximate surface area is 187 Å².